The topological polar surface area (TPSA) is 0 Å². The van der Waals surface area contributed by atoms with Crippen molar-refractivity contribution in [3.8, 4) is 0 Å². The second kappa shape index (κ2) is 7.85. The quantitative estimate of drug-likeness (QED) is 0.500. The minimum absolute atomic E-state index is 0.508. The lowest BCUT2D eigenvalue weighted by atomic mass is 9.75. The predicted molar refractivity (Wildman–Crippen MR) is 92.1 cm³/mol. The Kier molecular flexibility index (Phi) is 7.09. The van der Waals surface area contributed by atoms with Gasteiger partial charge in [-0.15, -0.1) is 0 Å². The third kappa shape index (κ3) is 9.03. The molecule has 0 aromatic heterocycles. The average Bonchev–Trinajstić information content (AvgIpc) is 2.25. The van der Waals surface area contributed by atoms with Gasteiger partial charge >= 0.3 is 0 Å². The Hall–Kier alpha value is 0. The molecule has 1 aliphatic rings. The van der Waals surface area contributed by atoms with E-state index in [1.807, 2.05) is 0 Å². The van der Waals surface area contributed by atoms with Crippen LogP contribution < -0.4 is 0 Å². The zero-order chi connectivity index (χ0) is 15.2. The van der Waals surface area contributed by atoms with E-state index in [1.165, 1.54) is 64.2 Å². The summed E-state index contributed by atoms with van der Waals surface area (Å²) >= 11 is 0. The fourth-order valence-corrected chi connectivity index (χ4v) is 4.12. The molecule has 20 heavy (non-hydrogen) atoms. The Balaban J connectivity index is 2.55. The zero-order valence-corrected chi connectivity index (χ0v) is 15.2. The lowest BCUT2D eigenvalue weighted by Gasteiger charge is -2.31. The smallest absolute Gasteiger partial charge is 0.0380 e. The Morgan fingerprint density at radius 2 is 0.900 bits per heavy atom. The Bertz CT molecular complexity index is 222. The lowest BCUT2D eigenvalue weighted by molar-refractivity contribution is 0.212. The normalized spacial score (nSPS) is 27.3. The third-order valence-corrected chi connectivity index (χ3v) is 4.76. The molecule has 0 radical (unpaired) electrons. The molecule has 0 nitrogen and oxygen atoms in total. The summed E-state index contributed by atoms with van der Waals surface area (Å²) in [6.45, 7) is 14.5. The van der Waals surface area contributed by atoms with Crippen molar-refractivity contribution in [1.82, 2.24) is 0 Å². The van der Waals surface area contributed by atoms with Crippen LogP contribution >= 0.6 is 0 Å². The summed E-state index contributed by atoms with van der Waals surface area (Å²) < 4.78 is 0. The van der Waals surface area contributed by atoms with E-state index in [-0.39, 0.29) is 0 Å². The van der Waals surface area contributed by atoms with Crippen molar-refractivity contribution < 1.29 is 0 Å². The second-order valence-electron chi connectivity index (χ2n) is 9.83. The van der Waals surface area contributed by atoms with Crippen LogP contribution in [0.15, 0.2) is 0 Å². The molecule has 0 aromatic rings. The molecule has 0 amide bonds. The predicted octanol–water partition coefficient (Wildman–Crippen LogP) is 7.23. The largest absolute Gasteiger partial charge is 0.0602 e. The molecule has 1 saturated carbocycles. The van der Waals surface area contributed by atoms with Gasteiger partial charge in [-0.25, -0.2) is 0 Å². The van der Waals surface area contributed by atoms with Gasteiger partial charge in [0.15, 0.2) is 0 Å². The van der Waals surface area contributed by atoms with Crippen molar-refractivity contribution in [2.75, 3.05) is 0 Å². The van der Waals surface area contributed by atoms with Gasteiger partial charge in [-0.2, -0.15) is 0 Å². The van der Waals surface area contributed by atoms with Crippen LogP contribution in [0.25, 0.3) is 0 Å². The van der Waals surface area contributed by atoms with E-state index < -0.39 is 0 Å². The molecule has 0 spiro atoms. The molecule has 0 aromatic carbocycles. The first kappa shape index (κ1) is 18.1. The monoisotopic (exact) mass is 280 g/mol. The first-order valence-electron chi connectivity index (χ1n) is 9.16. The summed E-state index contributed by atoms with van der Waals surface area (Å²) in [5.41, 5.74) is 1.02. The minimum atomic E-state index is 0.508. The van der Waals surface area contributed by atoms with Crippen molar-refractivity contribution in [3.63, 3.8) is 0 Å². The van der Waals surface area contributed by atoms with E-state index in [1.54, 1.807) is 0 Å². The van der Waals surface area contributed by atoms with Crippen LogP contribution in [0.2, 0.25) is 0 Å². The average molecular weight is 281 g/mol. The summed E-state index contributed by atoms with van der Waals surface area (Å²) in [6, 6.07) is 0. The van der Waals surface area contributed by atoms with Crippen LogP contribution in [0.1, 0.15) is 106 Å². The van der Waals surface area contributed by atoms with Crippen LogP contribution in [0.3, 0.4) is 0 Å². The van der Waals surface area contributed by atoms with E-state index in [0.717, 1.165) is 11.8 Å². The van der Waals surface area contributed by atoms with Crippen molar-refractivity contribution >= 4 is 0 Å². The van der Waals surface area contributed by atoms with E-state index >= 15 is 0 Å². The highest BCUT2D eigenvalue weighted by Crippen LogP contribution is 2.36. The molecular formula is C20H40. The Morgan fingerprint density at radius 1 is 0.550 bits per heavy atom. The van der Waals surface area contributed by atoms with Gasteiger partial charge in [-0.1, -0.05) is 92.9 Å². The van der Waals surface area contributed by atoms with Crippen molar-refractivity contribution in [1.29, 1.82) is 0 Å². The van der Waals surface area contributed by atoms with Gasteiger partial charge < -0.3 is 0 Å². The number of hydrogen-bond acceptors (Lipinski definition) is 0. The maximum atomic E-state index is 2.42. The molecule has 0 saturated heterocycles. The zero-order valence-electron chi connectivity index (χ0n) is 15.2. The van der Waals surface area contributed by atoms with Crippen molar-refractivity contribution in [2.45, 2.75) is 106 Å². The van der Waals surface area contributed by atoms with Crippen molar-refractivity contribution in [2.24, 2.45) is 22.7 Å². The molecule has 0 heterocycles. The Morgan fingerprint density at radius 3 is 1.20 bits per heavy atom. The maximum Gasteiger partial charge on any atom is -0.0380 e. The molecule has 0 N–H and O–H groups in total. The van der Waals surface area contributed by atoms with E-state index in [9.17, 15) is 0 Å². The highest BCUT2D eigenvalue weighted by Gasteiger charge is 2.23. The Labute approximate surface area is 129 Å². The minimum Gasteiger partial charge on any atom is -0.0602 e. The second-order valence-corrected chi connectivity index (χ2v) is 9.83. The van der Waals surface area contributed by atoms with Crippen LogP contribution in [0.4, 0.5) is 0 Å². The van der Waals surface area contributed by atoms with E-state index in [4.69, 9.17) is 0 Å². The van der Waals surface area contributed by atoms with Gasteiger partial charge in [-0.05, 0) is 35.5 Å². The molecule has 2 atom stereocenters. The van der Waals surface area contributed by atoms with Gasteiger partial charge in [-0.3, -0.25) is 0 Å². The van der Waals surface area contributed by atoms with Gasteiger partial charge in [0, 0.05) is 0 Å². The van der Waals surface area contributed by atoms with Gasteiger partial charge in [0.2, 0.25) is 0 Å². The molecule has 0 aliphatic heterocycles. The standard InChI is InChI=1S/C20H40/c1-19(2,3)15-17-11-9-7-8-10-12-18(14-13-17)16-20(4,5)6/h17-18H,7-16H2,1-6H3. The van der Waals surface area contributed by atoms with Gasteiger partial charge in [0.05, 0.1) is 0 Å². The van der Waals surface area contributed by atoms with Crippen LogP contribution in [-0.4, -0.2) is 0 Å². The highest BCUT2D eigenvalue weighted by molar-refractivity contribution is 4.75. The summed E-state index contributed by atoms with van der Waals surface area (Å²) in [6.07, 6.45) is 14.7. The molecular weight excluding hydrogens is 240 g/mol. The molecule has 1 aliphatic carbocycles. The van der Waals surface area contributed by atoms with Crippen molar-refractivity contribution in [3.05, 3.63) is 0 Å². The molecule has 0 heteroatoms. The first-order chi connectivity index (χ1) is 9.16. The van der Waals surface area contributed by atoms with Gasteiger partial charge in [0.25, 0.3) is 0 Å². The summed E-state index contributed by atoms with van der Waals surface area (Å²) in [7, 11) is 0. The number of hydrogen-bond donors (Lipinski definition) is 0. The molecule has 1 rings (SSSR count). The van der Waals surface area contributed by atoms with Crippen LogP contribution in [-0.2, 0) is 0 Å². The van der Waals surface area contributed by atoms with Crippen LogP contribution in [0, 0.1) is 22.7 Å². The first-order valence-corrected chi connectivity index (χ1v) is 9.16. The third-order valence-electron chi connectivity index (χ3n) is 4.76. The summed E-state index contributed by atoms with van der Waals surface area (Å²) in [5, 5.41) is 0. The number of rotatable bonds is 2. The highest BCUT2D eigenvalue weighted by atomic mass is 14.3. The summed E-state index contributed by atoms with van der Waals surface area (Å²) in [5.74, 6) is 1.96. The summed E-state index contributed by atoms with van der Waals surface area (Å²) in [4.78, 5) is 0. The lowest BCUT2D eigenvalue weighted by Crippen LogP contribution is -2.18. The maximum absolute atomic E-state index is 2.42. The fraction of sp³-hybridized carbons (Fsp3) is 1.00. The molecule has 120 valence electrons. The van der Waals surface area contributed by atoms with Gasteiger partial charge in [0.1, 0.15) is 0 Å². The van der Waals surface area contributed by atoms with E-state index in [0.29, 0.717) is 10.8 Å². The molecule has 1 fully saturated rings. The molecule has 0 bridgehead atoms. The fourth-order valence-electron chi connectivity index (χ4n) is 4.12. The molecule has 2 unspecified atom stereocenters. The van der Waals surface area contributed by atoms with Crippen LogP contribution in [0.5, 0.6) is 0 Å². The SMILES string of the molecule is CC(C)(C)CC1CCCCCCC(CC(C)(C)C)CC1. The van der Waals surface area contributed by atoms with E-state index in [2.05, 4.69) is 41.5 Å².